The van der Waals surface area contributed by atoms with E-state index in [4.69, 9.17) is 9.84 Å². The molecule has 0 saturated heterocycles. The lowest BCUT2D eigenvalue weighted by Crippen LogP contribution is -2.30. The predicted molar refractivity (Wildman–Crippen MR) is 68.6 cm³/mol. The normalized spacial score (nSPS) is 14.5. The Morgan fingerprint density at radius 3 is 2.67 bits per heavy atom. The van der Waals surface area contributed by atoms with Gasteiger partial charge in [-0.05, 0) is 43.0 Å². The Labute approximate surface area is 107 Å². The fourth-order valence-electron chi connectivity index (χ4n) is 1.66. The van der Waals surface area contributed by atoms with Crippen LogP contribution in [0.1, 0.15) is 23.2 Å². The van der Waals surface area contributed by atoms with Crippen LogP contribution in [0, 0.1) is 5.92 Å². The lowest BCUT2D eigenvalue weighted by molar-refractivity contribution is 0.0681. The second-order valence-electron chi connectivity index (χ2n) is 4.79. The first-order chi connectivity index (χ1) is 8.66. The van der Waals surface area contributed by atoms with Gasteiger partial charge in [0.25, 0.3) is 5.91 Å². The largest absolute Gasteiger partial charge is 0.508 e. The summed E-state index contributed by atoms with van der Waals surface area (Å²) in [5.74, 6) is 0.870. The van der Waals surface area contributed by atoms with Crippen LogP contribution in [0.25, 0.3) is 0 Å². The Morgan fingerprint density at radius 2 is 2.06 bits per heavy atom. The highest BCUT2D eigenvalue weighted by atomic mass is 16.5. The molecule has 18 heavy (non-hydrogen) atoms. The van der Waals surface area contributed by atoms with Crippen LogP contribution in [-0.2, 0) is 4.74 Å². The molecule has 2 rings (SSSR count). The van der Waals surface area contributed by atoms with Gasteiger partial charge in [0.05, 0.1) is 6.61 Å². The minimum absolute atomic E-state index is 0.0509. The lowest BCUT2D eigenvalue weighted by atomic mass is 10.2. The van der Waals surface area contributed by atoms with E-state index in [0.717, 1.165) is 12.5 Å². The number of amides is 1. The van der Waals surface area contributed by atoms with Gasteiger partial charge in [-0.25, -0.2) is 0 Å². The van der Waals surface area contributed by atoms with E-state index in [9.17, 15) is 4.79 Å². The first-order valence-corrected chi connectivity index (χ1v) is 6.29. The van der Waals surface area contributed by atoms with Crippen LogP contribution in [0.2, 0.25) is 0 Å². The fraction of sp³-hybridized carbons (Fsp3) is 0.500. The number of hydrogen-bond donors (Lipinski definition) is 1. The van der Waals surface area contributed by atoms with E-state index < -0.39 is 0 Å². The van der Waals surface area contributed by atoms with Crippen molar-refractivity contribution in [3.63, 3.8) is 0 Å². The minimum atomic E-state index is -0.0509. The summed E-state index contributed by atoms with van der Waals surface area (Å²) in [6.45, 7) is 1.99. The zero-order valence-corrected chi connectivity index (χ0v) is 10.6. The molecule has 1 saturated carbocycles. The highest BCUT2D eigenvalue weighted by molar-refractivity contribution is 5.94. The predicted octanol–water partition coefficient (Wildman–Crippen LogP) is 1.89. The van der Waals surface area contributed by atoms with Crippen molar-refractivity contribution in [2.45, 2.75) is 12.8 Å². The fourth-order valence-corrected chi connectivity index (χ4v) is 1.66. The third-order valence-corrected chi connectivity index (χ3v) is 3.08. The molecule has 4 heteroatoms. The number of likely N-dealkylation sites (N-methyl/N-ethyl adjacent to an activating group) is 1. The number of ether oxygens (including phenoxy) is 1. The smallest absolute Gasteiger partial charge is 0.253 e. The topological polar surface area (TPSA) is 49.8 Å². The molecule has 4 nitrogen and oxygen atoms in total. The van der Waals surface area contributed by atoms with Crippen LogP contribution in [0.4, 0.5) is 0 Å². The van der Waals surface area contributed by atoms with Crippen LogP contribution in [0.15, 0.2) is 24.3 Å². The molecular formula is C14H19NO3. The molecule has 1 aromatic carbocycles. The SMILES string of the molecule is CN(CCOCC1CC1)C(=O)c1ccc(O)cc1. The molecule has 1 amide bonds. The van der Waals surface area contributed by atoms with Crippen LogP contribution in [0.5, 0.6) is 5.75 Å². The second-order valence-corrected chi connectivity index (χ2v) is 4.79. The van der Waals surface area contributed by atoms with Gasteiger partial charge in [0, 0.05) is 25.8 Å². The zero-order valence-electron chi connectivity index (χ0n) is 10.6. The van der Waals surface area contributed by atoms with E-state index in [0.29, 0.717) is 18.7 Å². The van der Waals surface area contributed by atoms with Gasteiger partial charge in [0.2, 0.25) is 0 Å². The minimum Gasteiger partial charge on any atom is -0.508 e. The van der Waals surface area contributed by atoms with Crippen LogP contribution >= 0.6 is 0 Å². The Kier molecular flexibility index (Phi) is 4.20. The Bertz CT molecular complexity index is 398. The van der Waals surface area contributed by atoms with Crippen molar-refractivity contribution in [1.82, 2.24) is 4.90 Å². The summed E-state index contributed by atoms with van der Waals surface area (Å²) in [7, 11) is 1.76. The zero-order chi connectivity index (χ0) is 13.0. The van der Waals surface area contributed by atoms with Gasteiger partial charge in [-0.1, -0.05) is 0 Å². The third kappa shape index (κ3) is 3.74. The number of nitrogens with zero attached hydrogens (tertiary/aromatic N) is 1. The van der Waals surface area contributed by atoms with Gasteiger partial charge < -0.3 is 14.7 Å². The average molecular weight is 249 g/mol. The summed E-state index contributed by atoms with van der Waals surface area (Å²) in [6.07, 6.45) is 2.56. The van der Waals surface area contributed by atoms with Gasteiger partial charge in [0.1, 0.15) is 5.75 Å². The average Bonchev–Trinajstić information content (AvgIpc) is 3.18. The molecule has 0 aliphatic heterocycles. The molecule has 1 fully saturated rings. The number of carbonyl (C=O) groups excluding carboxylic acids is 1. The Morgan fingerprint density at radius 1 is 1.39 bits per heavy atom. The maximum Gasteiger partial charge on any atom is 0.253 e. The molecule has 1 aromatic rings. The summed E-state index contributed by atoms with van der Waals surface area (Å²) in [4.78, 5) is 13.6. The van der Waals surface area contributed by atoms with Crippen molar-refractivity contribution in [1.29, 1.82) is 0 Å². The number of rotatable bonds is 6. The summed E-state index contributed by atoms with van der Waals surface area (Å²) in [5, 5.41) is 9.16. The van der Waals surface area contributed by atoms with E-state index in [1.807, 2.05) is 0 Å². The molecule has 0 heterocycles. The molecule has 1 aliphatic rings. The number of phenols is 1. The van der Waals surface area contributed by atoms with Crippen LogP contribution in [0.3, 0.4) is 0 Å². The maximum atomic E-state index is 12.0. The van der Waals surface area contributed by atoms with Gasteiger partial charge in [-0.2, -0.15) is 0 Å². The molecule has 0 atom stereocenters. The first-order valence-electron chi connectivity index (χ1n) is 6.29. The summed E-state index contributed by atoms with van der Waals surface area (Å²) < 4.78 is 5.50. The van der Waals surface area contributed by atoms with E-state index in [2.05, 4.69) is 0 Å². The number of aromatic hydroxyl groups is 1. The summed E-state index contributed by atoms with van der Waals surface area (Å²) in [5.41, 5.74) is 0.581. The van der Waals surface area contributed by atoms with Crippen molar-refractivity contribution < 1.29 is 14.6 Å². The number of hydrogen-bond acceptors (Lipinski definition) is 3. The molecule has 0 unspecified atom stereocenters. The monoisotopic (exact) mass is 249 g/mol. The molecule has 0 radical (unpaired) electrons. The molecule has 0 spiro atoms. The lowest BCUT2D eigenvalue weighted by Gasteiger charge is -2.17. The molecule has 0 aromatic heterocycles. The first kappa shape index (κ1) is 12.9. The van der Waals surface area contributed by atoms with Gasteiger partial charge in [-0.3, -0.25) is 4.79 Å². The van der Waals surface area contributed by atoms with E-state index in [1.165, 1.54) is 25.0 Å². The number of phenolic OH excluding ortho intramolecular Hbond substituents is 1. The quantitative estimate of drug-likeness (QED) is 0.783. The van der Waals surface area contributed by atoms with E-state index in [1.54, 1.807) is 24.1 Å². The summed E-state index contributed by atoms with van der Waals surface area (Å²) >= 11 is 0. The molecular weight excluding hydrogens is 230 g/mol. The van der Waals surface area contributed by atoms with Gasteiger partial charge in [-0.15, -0.1) is 0 Å². The highest BCUT2D eigenvalue weighted by Gasteiger charge is 2.21. The molecule has 0 bridgehead atoms. The Hall–Kier alpha value is -1.55. The van der Waals surface area contributed by atoms with Crippen molar-refractivity contribution in [2.24, 2.45) is 5.92 Å². The van der Waals surface area contributed by atoms with E-state index in [-0.39, 0.29) is 11.7 Å². The van der Waals surface area contributed by atoms with Gasteiger partial charge in [0.15, 0.2) is 0 Å². The molecule has 1 N–H and O–H groups in total. The maximum absolute atomic E-state index is 12.0. The van der Waals surface area contributed by atoms with Crippen molar-refractivity contribution >= 4 is 5.91 Å². The number of carbonyl (C=O) groups is 1. The Balaban J connectivity index is 1.74. The number of benzene rings is 1. The summed E-state index contributed by atoms with van der Waals surface area (Å²) in [6, 6.07) is 6.29. The van der Waals surface area contributed by atoms with Crippen LogP contribution in [-0.4, -0.2) is 42.7 Å². The second kappa shape index (κ2) is 5.87. The van der Waals surface area contributed by atoms with E-state index >= 15 is 0 Å². The van der Waals surface area contributed by atoms with Crippen molar-refractivity contribution in [3.8, 4) is 5.75 Å². The van der Waals surface area contributed by atoms with Crippen molar-refractivity contribution in [3.05, 3.63) is 29.8 Å². The van der Waals surface area contributed by atoms with Gasteiger partial charge >= 0.3 is 0 Å². The molecule has 98 valence electrons. The highest BCUT2D eigenvalue weighted by Crippen LogP contribution is 2.28. The standard InChI is InChI=1S/C14H19NO3/c1-15(8-9-18-10-11-2-3-11)14(17)12-4-6-13(16)7-5-12/h4-7,11,16H,2-3,8-10H2,1H3. The third-order valence-electron chi connectivity index (χ3n) is 3.08. The van der Waals surface area contributed by atoms with Crippen LogP contribution < -0.4 is 0 Å². The van der Waals surface area contributed by atoms with Crippen molar-refractivity contribution in [2.75, 3.05) is 26.8 Å². The molecule has 1 aliphatic carbocycles.